The fourth-order valence-electron chi connectivity index (χ4n) is 3.37. The average Bonchev–Trinajstić information content (AvgIpc) is 3.13. The van der Waals surface area contributed by atoms with Gasteiger partial charge in [-0.05, 0) is 48.9 Å². The van der Waals surface area contributed by atoms with Crippen molar-refractivity contribution in [2.24, 2.45) is 0 Å². The number of nitrogens with zero attached hydrogens (tertiary/aromatic N) is 4. The Morgan fingerprint density at radius 2 is 1.86 bits per heavy atom. The molecular weight excluding hydrogens is 375 g/mol. The molecule has 0 unspecified atom stereocenters. The van der Waals surface area contributed by atoms with Crippen molar-refractivity contribution >= 4 is 11.2 Å². The highest BCUT2D eigenvalue weighted by Gasteiger charge is 2.18. The number of methoxy groups -OCH3 is 1. The van der Waals surface area contributed by atoms with Crippen molar-refractivity contribution in [1.82, 2.24) is 18.7 Å². The third kappa shape index (κ3) is 3.22. The molecule has 0 aliphatic rings. The highest BCUT2D eigenvalue weighted by Crippen LogP contribution is 2.17. The van der Waals surface area contributed by atoms with Gasteiger partial charge < -0.3 is 9.30 Å². The number of aromatic nitrogens is 4. The lowest BCUT2D eigenvalue weighted by atomic mass is 10.2. The molecule has 0 N–H and O–H groups in total. The van der Waals surface area contributed by atoms with E-state index in [0.717, 1.165) is 10.1 Å². The summed E-state index contributed by atoms with van der Waals surface area (Å²) >= 11 is 0. The van der Waals surface area contributed by atoms with E-state index >= 15 is 0 Å². The monoisotopic (exact) mass is 394 g/mol. The molecule has 148 valence electrons. The Hall–Kier alpha value is -3.68. The molecule has 0 fully saturated rings. The van der Waals surface area contributed by atoms with Crippen LogP contribution in [0.1, 0.15) is 12.5 Å². The van der Waals surface area contributed by atoms with E-state index in [9.17, 15) is 14.0 Å². The molecule has 7 nitrogen and oxygen atoms in total. The topological polar surface area (TPSA) is 71.0 Å². The lowest BCUT2D eigenvalue weighted by Crippen LogP contribution is -2.39. The Labute approximate surface area is 165 Å². The molecule has 8 heteroatoms. The molecule has 0 aliphatic heterocycles. The van der Waals surface area contributed by atoms with Gasteiger partial charge in [0.05, 0.1) is 19.1 Å². The zero-order chi connectivity index (χ0) is 20.5. The molecule has 0 saturated carbocycles. The molecule has 0 aliphatic carbocycles. The maximum atomic E-state index is 13.4. The molecule has 2 aromatic carbocycles. The lowest BCUT2D eigenvalue weighted by Gasteiger charge is -2.12. The fraction of sp³-hybridized carbons (Fsp3) is 0.190. The molecule has 0 saturated heterocycles. The highest BCUT2D eigenvalue weighted by molar-refractivity contribution is 5.72. The van der Waals surface area contributed by atoms with Crippen molar-refractivity contribution in [2.45, 2.75) is 20.0 Å². The van der Waals surface area contributed by atoms with Crippen molar-refractivity contribution < 1.29 is 9.13 Å². The predicted molar refractivity (Wildman–Crippen MR) is 107 cm³/mol. The second-order valence-corrected chi connectivity index (χ2v) is 6.54. The van der Waals surface area contributed by atoms with Crippen molar-refractivity contribution in [3.05, 3.63) is 87.1 Å². The van der Waals surface area contributed by atoms with Crippen molar-refractivity contribution in [3.63, 3.8) is 0 Å². The second kappa shape index (κ2) is 7.38. The second-order valence-electron chi connectivity index (χ2n) is 6.54. The Morgan fingerprint density at radius 1 is 1.10 bits per heavy atom. The predicted octanol–water partition coefficient (Wildman–Crippen LogP) is 2.56. The first-order valence-electron chi connectivity index (χ1n) is 9.13. The van der Waals surface area contributed by atoms with E-state index in [4.69, 9.17) is 4.74 Å². The maximum absolute atomic E-state index is 13.4. The van der Waals surface area contributed by atoms with Crippen LogP contribution < -0.4 is 16.0 Å². The number of halogens is 1. The van der Waals surface area contributed by atoms with Crippen molar-refractivity contribution in [1.29, 1.82) is 0 Å². The molecule has 0 spiro atoms. The summed E-state index contributed by atoms with van der Waals surface area (Å²) in [6, 6.07) is 13.0. The molecule has 0 amide bonds. The van der Waals surface area contributed by atoms with Crippen LogP contribution in [0, 0.1) is 5.82 Å². The number of ether oxygens (including phenoxy) is 1. The van der Waals surface area contributed by atoms with E-state index in [1.807, 2.05) is 24.3 Å². The Bertz CT molecular complexity index is 1300. The zero-order valence-electron chi connectivity index (χ0n) is 16.0. The summed E-state index contributed by atoms with van der Waals surface area (Å²) in [5.74, 6) is 0.298. The van der Waals surface area contributed by atoms with Gasteiger partial charge in [-0.2, -0.15) is 0 Å². The summed E-state index contributed by atoms with van der Waals surface area (Å²) in [5.41, 5.74) is 0.980. The van der Waals surface area contributed by atoms with E-state index in [0.29, 0.717) is 23.5 Å². The molecule has 4 rings (SSSR count). The normalized spacial score (nSPS) is 11.1. The molecule has 0 radical (unpaired) electrons. The number of hydrogen-bond donors (Lipinski definition) is 0. The molecular formula is C21H19FN4O3. The number of imidazole rings is 1. The Kier molecular flexibility index (Phi) is 4.75. The number of hydrogen-bond acceptors (Lipinski definition) is 4. The van der Waals surface area contributed by atoms with Gasteiger partial charge in [0.1, 0.15) is 11.6 Å². The van der Waals surface area contributed by atoms with E-state index in [-0.39, 0.29) is 12.2 Å². The van der Waals surface area contributed by atoms with Crippen LogP contribution in [0.25, 0.3) is 16.9 Å². The maximum Gasteiger partial charge on any atom is 0.337 e. The summed E-state index contributed by atoms with van der Waals surface area (Å²) in [6.45, 7) is 2.32. The number of rotatable bonds is 5. The smallest absolute Gasteiger partial charge is 0.337 e. The number of fused-ring (bicyclic) bond motifs is 1. The quantitative estimate of drug-likeness (QED) is 0.522. The van der Waals surface area contributed by atoms with Crippen LogP contribution in [0.3, 0.4) is 0 Å². The van der Waals surface area contributed by atoms with Crippen LogP contribution in [0.4, 0.5) is 4.39 Å². The van der Waals surface area contributed by atoms with Gasteiger partial charge in [0.2, 0.25) is 0 Å². The van der Waals surface area contributed by atoms with Gasteiger partial charge in [0, 0.05) is 13.1 Å². The van der Waals surface area contributed by atoms with Crippen LogP contribution in [-0.4, -0.2) is 25.8 Å². The first kappa shape index (κ1) is 18.7. The molecule has 2 heterocycles. The van der Waals surface area contributed by atoms with E-state index in [1.54, 1.807) is 18.6 Å². The summed E-state index contributed by atoms with van der Waals surface area (Å²) in [4.78, 5) is 30.3. The lowest BCUT2D eigenvalue weighted by molar-refractivity contribution is 0.414. The summed E-state index contributed by atoms with van der Waals surface area (Å²) < 4.78 is 22.8. The fourth-order valence-corrected chi connectivity index (χ4v) is 3.37. The molecule has 29 heavy (non-hydrogen) atoms. The standard InChI is InChI=1S/C21H19FN4O3/c1-3-25-20(27)18-19(26(21(25)28)16-9-7-15(22)8-10-16)23-13-24(18)12-14-5-4-6-17(11-14)29-2/h4-11,13H,3,12H2,1-2H3. The van der Waals surface area contributed by atoms with Gasteiger partial charge in [-0.25, -0.2) is 18.7 Å². The summed E-state index contributed by atoms with van der Waals surface area (Å²) in [6.07, 6.45) is 1.53. The third-order valence-corrected chi connectivity index (χ3v) is 4.79. The molecule has 2 aromatic heterocycles. The zero-order valence-corrected chi connectivity index (χ0v) is 16.0. The minimum Gasteiger partial charge on any atom is -0.497 e. The first-order chi connectivity index (χ1) is 14.0. The van der Waals surface area contributed by atoms with Crippen molar-refractivity contribution in [2.75, 3.05) is 7.11 Å². The van der Waals surface area contributed by atoms with Crippen LogP contribution in [0.15, 0.2) is 64.4 Å². The summed E-state index contributed by atoms with van der Waals surface area (Å²) in [7, 11) is 1.59. The van der Waals surface area contributed by atoms with Gasteiger partial charge in [0.15, 0.2) is 11.2 Å². The first-order valence-corrected chi connectivity index (χ1v) is 9.13. The highest BCUT2D eigenvalue weighted by atomic mass is 19.1. The van der Waals surface area contributed by atoms with Crippen LogP contribution >= 0.6 is 0 Å². The van der Waals surface area contributed by atoms with Gasteiger partial charge in [0.25, 0.3) is 5.56 Å². The van der Waals surface area contributed by atoms with Crippen LogP contribution in [0.5, 0.6) is 5.75 Å². The average molecular weight is 394 g/mol. The molecule has 4 aromatic rings. The van der Waals surface area contributed by atoms with E-state index in [1.165, 1.54) is 35.2 Å². The van der Waals surface area contributed by atoms with E-state index in [2.05, 4.69) is 4.98 Å². The molecule has 0 bridgehead atoms. The number of benzene rings is 2. The van der Waals surface area contributed by atoms with Crippen LogP contribution in [0.2, 0.25) is 0 Å². The Morgan fingerprint density at radius 3 is 2.55 bits per heavy atom. The largest absolute Gasteiger partial charge is 0.497 e. The minimum atomic E-state index is -0.511. The van der Waals surface area contributed by atoms with Gasteiger partial charge in [-0.1, -0.05) is 12.1 Å². The minimum absolute atomic E-state index is 0.207. The van der Waals surface area contributed by atoms with Crippen molar-refractivity contribution in [3.8, 4) is 11.4 Å². The van der Waals surface area contributed by atoms with E-state index < -0.39 is 17.1 Å². The van der Waals surface area contributed by atoms with Crippen LogP contribution in [-0.2, 0) is 13.1 Å². The molecule has 0 atom stereocenters. The Balaban J connectivity index is 1.95. The van der Waals surface area contributed by atoms with Gasteiger partial charge >= 0.3 is 5.69 Å². The SMILES string of the molecule is CCn1c(=O)c2c(ncn2Cc2cccc(OC)c2)n(-c2ccc(F)cc2)c1=O. The van der Waals surface area contributed by atoms with Gasteiger partial charge in [-0.3, -0.25) is 9.36 Å². The third-order valence-electron chi connectivity index (χ3n) is 4.79. The summed E-state index contributed by atoms with van der Waals surface area (Å²) in [5, 5.41) is 0. The van der Waals surface area contributed by atoms with Gasteiger partial charge in [-0.15, -0.1) is 0 Å².